The van der Waals surface area contributed by atoms with Crippen LogP contribution in [-0.4, -0.2) is 30.6 Å². The van der Waals surface area contributed by atoms with Crippen LogP contribution in [0.25, 0.3) is 0 Å². The maximum Gasteiger partial charge on any atom is 0.315 e. The van der Waals surface area contributed by atoms with E-state index in [1.54, 1.807) is 12.1 Å². The number of non-ortho nitro benzene ring substituents is 1. The number of hydrogen-bond acceptors (Lipinski definition) is 4. The first kappa shape index (κ1) is 18.3. The molecule has 0 aliphatic carbocycles. The number of likely N-dealkylation sites (N-methyl/N-ethyl adjacent to an activating group) is 1. The summed E-state index contributed by atoms with van der Waals surface area (Å²) in [5, 5.41) is 16.3. The number of nitro groups is 1. The number of anilines is 1. The third-order valence-corrected chi connectivity index (χ3v) is 3.96. The van der Waals surface area contributed by atoms with Crippen molar-refractivity contribution >= 4 is 17.4 Å². The molecule has 7 nitrogen and oxygen atoms in total. The molecule has 2 aromatic carbocycles. The molecule has 7 heteroatoms. The molecular formula is C18H22N4O3. The number of nitrogens with one attached hydrogen (secondary N) is 2. The summed E-state index contributed by atoms with van der Waals surface area (Å²) in [5.74, 6) is 0. The Balaban J connectivity index is 1.79. The highest BCUT2D eigenvalue weighted by atomic mass is 16.6. The van der Waals surface area contributed by atoms with E-state index in [2.05, 4.69) is 15.5 Å². The number of rotatable bonds is 7. The molecule has 2 amide bonds. The van der Waals surface area contributed by atoms with Crippen molar-refractivity contribution < 1.29 is 9.72 Å². The van der Waals surface area contributed by atoms with Gasteiger partial charge in [-0.15, -0.1) is 0 Å². The summed E-state index contributed by atoms with van der Waals surface area (Å²) in [6.45, 7) is 2.73. The molecule has 0 radical (unpaired) electrons. The van der Waals surface area contributed by atoms with Crippen molar-refractivity contribution in [3.8, 4) is 0 Å². The Morgan fingerprint density at radius 2 is 1.88 bits per heavy atom. The average Bonchev–Trinajstić information content (AvgIpc) is 2.64. The molecule has 0 saturated carbocycles. The molecule has 1 unspecified atom stereocenters. The van der Waals surface area contributed by atoms with Crippen LogP contribution in [0.2, 0.25) is 0 Å². The zero-order valence-corrected chi connectivity index (χ0v) is 14.3. The molecule has 1 atom stereocenters. The summed E-state index contributed by atoms with van der Waals surface area (Å²) >= 11 is 0. The number of carbonyl (C=O) groups excluding carboxylic acids is 1. The van der Waals surface area contributed by atoms with Crippen molar-refractivity contribution in [2.45, 2.75) is 19.5 Å². The van der Waals surface area contributed by atoms with Gasteiger partial charge in [-0.3, -0.25) is 10.1 Å². The zero-order chi connectivity index (χ0) is 18.2. The number of benzene rings is 2. The van der Waals surface area contributed by atoms with Gasteiger partial charge in [0.1, 0.15) is 0 Å². The maximum atomic E-state index is 11.9. The van der Waals surface area contributed by atoms with Gasteiger partial charge in [0.2, 0.25) is 0 Å². The van der Waals surface area contributed by atoms with E-state index >= 15 is 0 Å². The van der Waals surface area contributed by atoms with Gasteiger partial charge in [0.25, 0.3) is 5.69 Å². The summed E-state index contributed by atoms with van der Waals surface area (Å²) in [7, 11) is 1.97. The van der Waals surface area contributed by atoms with Crippen LogP contribution < -0.4 is 15.5 Å². The van der Waals surface area contributed by atoms with Gasteiger partial charge in [-0.25, -0.2) is 4.79 Å². The van der Waals surface area contributed by atoms with Crippen molar-refractivity contribution in [2.24, 2.45) is 0 Å². The summed E-state index contributed by atoms with van der Waals surface area (Å²) < 4.78 is 0. The van der Waals surface area contributed by atoms with Crippen LogP contribution in [0.1, 0.15) is 12.5 Å². The minimum absolute atomic E-state index is 0.0119. The lowest BCUT2D eigenvalue weighted by atomic mass is 10.2. The topological polar surface area (TPSA) is 87.5 Å². The minimum atomic E-state index is -0.454. The van der Waals surface area contributed by atoms with E-state index in [9.17, 15) is 14.9 Å². The third kappa shape index (κ3) is 5.49. The van der Waals surface area contributed by atoms with Gasteiger partial charge in [0.15, 0.2) is 0 Å². The quantitative estimate of drug-likeness (QED) is 0.598. The second-order valence-electron chi connectivity index (χ2n) is 5.79. The molecule has 0 fully saturated rings. The largest absolute Gasteiger partial charge is 0.370 e. The highest BCUT2D eigenvalue weighted by Crippen LogP contribution is 2.14. The van der Waals surface area contributed by atoms with Crippen molar-refractivity contribution in [1.82, 2.24) is 10.6 Å². The van der Waals surface area contributed by atoms with Gasteiger partial charge >= 0.3 is 6.03 Å². The Kier molecular flexibility index (Phi) is 6.33. The van der Waals surface area contributed by atoms with E-state index in [1.165, 1.54) is 12.1 Å². The maximum absolute atomic E-state index is 11.9. The molecule has 0 aliphatic heterocycles. The van der Waals surface area contributed by atoms with E-state index in [-0.39, 0.29) is 24.3 Å². The van der Waals surface area contributed by atoms with Crippen molar-refractivity contribution in [3.63, 3.8) is 0 Å². The predicted octanol–water partition coefficient (Wildman–Crippen LogP) is 2.92. The van der Waals surface area contributed by atoms with Gasteiger partial charge in [-0.1, -0.05) is 30.3 Å². The molecular weight excluding hydrogens is 320 g/mol. The van der Waals surface area contributed by atoms with Gasteiger partial charge < -0.3 is 15.5 Å². The Labute approximate surface area is 146 Å². The van der Waals surface area contributed by atoms with Crippen LogP contribution in [0.5, 0.6) is 0 Å². The van der Waals surface area contributed by atoms with Crippen LogP contribution in [0.15, 0.2) is 54.6 Å². The fourth-order valence-corrected chi connectivity index (χ4v) is 2.32. The van der Waals surface area contributed by atoms with Crippen LogP contribution in [0.4, 0.5) is 16.2 Å². The highest BCUT2D eigenvalue weighted by molar-refractivity contribution is 5.74. The van der Waals surface area contributed by atoms with E-state index in [4.69, 9.17) is 0 Å². The molecule has 0 bridgehead atoms. The standard InChI is InChI=1S/C18H22N4O3/c1-14(21(2)16-8-4-3-5-9-16)12-19-18(23)20-13-15-7-6-10-17(11-15)22(24)25/h3-11,14H,12-13H2,1-2H3,(H2,19,20,23). The Hall–Kier alpha value is -3.09. The molecule has 2 N–H and O–H groups in total. The van der Waals surface area contributed by atoms with Gasteiger partial charge in [-0.05, 0) is 24.6 Å². The normalized spacial score (nSPS) is 11.4. The lowest BCUT2D eigenvalue weighted by Crippen LogP contribution is -2.43. The van der Waals surface area contributed by atoms with E-state index in [0.29, 0.717) is 12.1 Å². The zero-order valence-electron chi connectivity index (χ0n) is 14.3. The van der Waals surface area contributed by atoms with E-state index in [1.807, 2.05) is 44.3 Å². The smallest absolute Gasteiger partial charge is 0.315 e. The molecule has 132 valence electrons. The number of nitro benzene ring substituents is 1. The summed E-state index contributed by atoms with van der Waals surface area (Å²) in [6.07, 6.45) is 0. The van der Waals surface area contributed by atoms with Crippen LogP contribution in [0.3, 0.4) is 0 Å². The van der Waals surface area contributed by atoms with Gasteiger partial charge in [-0.2, -0.15) is 0 Å². The minimum Gasteiger partial charge on any atom is -0.370 e. The van der Waals surface area contributed by atoms with Crippen LogP contribution in [0, 0.1) is 10.1 Å². The number of nitrogens with zero attached hydrogens (tertiary/aromatic N) is 2. The van der Waals surface area contributed by atoms with Crippen molar-refractivity contribution in [1.29, 1.82) is 0 Å². The third-order valence-electron chi connectivity index (χ3n) is 3.96. The Morgan fingerprint density at radius 3 is 2.56 bits per heavy atom. The van der Waals surface area contributed by atoms with Crippen molar-refractivity contribution in [3.05, 3.63) is 70.3 Å². The number of hydrogen-bond donors (Lipinski definition) is 2. The SMILES string of the molecule is CC(CNC(=O)NCc1cccc([N+](=O)[O-])c1)N(C)c1ccccc1. The van der Waals surface area contributed by atoms with Gasteiger partial charge in [0.05, 0.1) is 4.92 Å². The molecule has 2 aromatic rings. The number of para-hydroxylation sites is 1. The van der Waals surface area contributed by atoms with E-state index < -0.39 is 4.92 Å². The first-order valence-electron chi connectivity index (χ1n) is 8.00. The lowest BCUT2D eigenvalue weighted by Gasteiger charge is -2.27. The van der Waals surface area contributed by atoms with Gasteiger partial charge in [0, 0.05) is 44.0 Å². The van der Waals surface area contributed by atoms with Crippen LogP contribution >= 0.6 is 0 Å². The Morgan fingerprint density at radius 1 is 1.16 bits per heavy atom. The van der Waals surface area contributed by atoms with Crippen molar-refractivity contribution in [2.75, 3.05) is 18.5 Å². The Bertz CT molecular complexity index is 721. The summed E-state index contributed by atoms with van der Waals surface area (Å²) in [6, 6.07) is 15.9. The second-order valence-corrected chi connectivity index (χ2v) is 5.79. The monoisotopic (exact) mass is 342 g/mol. The first-order chi connectivity index (χ1) is 12.0. The fourth-order valence-electron chi connectivity index (χ4n) is 2.32. The lowest BCUT2D eigenvalue weighted by molar-refractivity contribution is -0.384. The average molecular weight is 342 g/mol. The second kappa shape index (κ2) is 8.68. The summed E-state index contributed by atoms with van der Waals surface area (Å²) in [5.41, 5.74) is 1.77. The fraction of sp³-hybridized carbons (Fsp3) is 0.278. The highest BCUT2D eigenvalue weighted by Gasteiger charge is 2.11. The number of urea groups is 1. The molecule has 2 rings (SSSR count). The molecule has 0 heterocycles. The van der Waals surface area contributed by atoms with E-state index in [0.717, 1.165) is 5.69 Å². The van der Waals surface area contributed by atoms with Crippen LogP contribution in [-0.2, 0) is 6.54 Å². The first-order valence-corrected chi connectivity index (χ1v) is 8.00. The number of amides is 2. The molecule has 0 spiro atoms. The number of carbonyl (C=O) groups is 1. The molecule has 0 saturated heterocycles. The molecule has 0 aromatic heterocycles. The predicted molar refractivity (Wildman–Crippen MR) is 97.6 cm³/mol. The molecule has 25 heavy (non-hydrogen) atoms. The molecule has 0 aliphatic rings. The summed E-state index contributed by atoms with van der Waals surface area (Å²) in [4.78, 5) is 24.3.